The first-order valence-electron chi connectivity index (χ1n) is 10.1. The minimum absolute atomic E-state index is 0. The molecule has 2 aromatic carbocycles. The van der Waals surface area contributed by atoms with E-state index in [2.05, 4.69) is 0 Å². The summed E-state index contributed by atoms with van der Waals surface area (Å²) in [5.41, 5.74) is 1.63. The third-order valence-electron chi connectivity index (χ3n) is 5.34. The zero-order valence-electron chi connectivity index (χ0n) is 19.2. The van der Waals surface area contributed by atoms with E-state index in [1.165, 1.54) is 19.1 Å². The first-order valence-corrected chi connectivity index (χ1v) is 10.1. The highest BCUT2D eigenvalue weighted by Crippen LogP contribution is 2.38. The number of methoxy groups -OCH3 is 2. The van der Waals surface area contributed by atoms with Gasteiger partial charge >= 0.3 is 0 Å². The average molecular weight is 520 g/mol. The van der Waals surface area contributed by atoms with Crippen molar-refractivity contribution in [2.24, 2.45) is 0 Å². The first-order chi connectivity index (χ1) is 15.1. The van der Waals surface area contributed by atoms with Crippen LogP contribution >= 0.6 is 17.0 Å². The Morgan fingerprint density at radius 1 is 1.21 bits per heavy atom. The molecule has 1 N–H and O–H groups in total. The molecule has 176 valence electrons. The molecule has 0 aromatic heterocycles. The minimum atomic E-state index is -0.671. The van der Waals surface area contributed by atoms with Gasteiger partial charge in [-0.25, -0.2) is 4.39 Å². The van der Waals surface area contributed by atoms with Crippen LogP contribution < -0.4 is 14.2 Å². The number of hydrogen-bond donors (Lipinski definition) is 1. The second-order valence-electron chi connectivity index (χ2n) is 8.50. The van der Waals surface area contributed by atoms with Crippen molar-refractivity contribution >= 4 is 28.6 Å². The van der Waals surface area contributed by atoms with Crippen molar-refractivity contribution in [3.8, 4) is 23.3 Å². The highest BCUT2D eigenvalue weighted by Gasteiger charge is 2.33. The number of nitriles is 1. The van der Waals surface area contributed by atoms with Gasteiger partial charge in [0.15, 0.2) is 29.7 Å². The Balaban J connectivity index is 0.00000385. The van der Waals surface area contributed by atoms with Crippen LogP contribution in [0.25, 0.3) is 0 Å². The lowest BCUT2D eigenvalue weighted by Gasteiger charge is -2.23. The molecule has 33 heavy (non-hydrogen) atoms. The highest BCUT2D eigenvalue weighted by molar-refractivity contribution is 8.93. The van der Waals surface area contributed by atoms with Crippen LogP contribution in [0.4, 0.5) is 4.39 Å². The maximum absolute atomic E-state index is 14.9. The van der Waals surface area contributed by atoms with Crippen molar-refractivity contribution in [2.75, 3.05) is 27.4 Å². The number of carbonyl (C=O) groups is 1. The Hall–Kier alpha value is -3.12. The van der Waals surface area contributed by atoms with Crippen molar-refractivity contribution in [3.05, 3.63) is 52.3 Å². The quantitative estimate of drug-likeness (QED) is 0.535. The fourth-order valence-electron chi connectivity index (χ4n) is 3.75. The van der Waals surface area contributed by atoms with Crippen molar-refractivity contribution in [3.63, 3.8) is 0 Å². The van der Waals surface area contributed by atoms with Crippen LogP contribution in [0.5, 0.6) is 17.2 Å². The zero-order valence-corrected chi connectivity index (χ0v) is 21.0. The Kier molecular flexibility index (Phi) is 8.09. The van der Waals surface area contributed by atoms with E-state index in [1.807, 2.05) is 26.8 Å². The van der Waals surface area contributed by atoms with Crippen molar-refractivity contribution in [1.29, 1.82) is 10.7 Å². The van der Waals surface area contributed by atoms with E-state index >= 15 is 0 Å². The minimum Gasteiger partial charge on any atom is -0.493 e. The van der Waals surface area contributed by atoms with Crippen LogP contribution in [0.1, 0.15) is 47.8 Å². The number of benzene rings is 2. The smallest absolute Gasteiger partial charge is 0.197 e. The van der Waals surface area contributed by atoms with Crippen LogP contribution in [0, 0.1) is 22.6 Å². The van der Waals surface area contributed by atoms with Crippen LogP contribution in [0.3, 0.4) is 0 Å². The number of fused-ring (bicyclic) bond motifs is 1. The Morgan fingerprint density at radius 3 is 2.48 bits per heavy atom. The predicted molar refractivity (Wildman–Crippen MR) is 128 cm³/mol. The van der Waals surface area contributed by atoms with Gasteiger partial charge in [-0.1, -0.05) is 20.8 Å². The van der Waals surface area contributed by atoms with Gasteiger partial charge in [0.1, 0.15) is 17.7 Å². The Bertz CT molecular complexity index is 1120. The van der Waals surface area contributed by atoms with Crippen LogP contribution in [-0.4, -0.2) is 43.9 Å². The number of halogens is 2. The van der Waals surface area contributed by atoms with Gasteiger partial charge < -0.3 is 19.1 Å². The number of amidine groups is 1. The van der Waals surface area contributed by atoms with Crippen molar-refractivity contribution < 1.29 is 23.4 Å². The lowest BCUT2D eigenvalue weighted by atomic mass is 9.85. The molecule has 0 saturated carbocycles. The molecule has 2 aromatic rings. The number of nitrogens with zero attached hydrogens (tertiary/aromatic N) is 2. The maximum Gasteiger partial charge on any atom is 0.197 e. The fraction of sp³-hybridized carbons (Fsp3) is 0.375. The third-order valence-corrected chi connectivity index (χ3v) is 5.34. The molecule has 0 radical (unpaired) electrons. The fourth-order valence-corrected chi connectivity index (χ4v) is 3.75. The molecule has 3 rings (SSSR count). The van der Waals surface area contributed by atoms with Gasteiger partial charge in [0.25, 0.3) is 0 Å². The molecular formula is C24H27BrFN3O4. The summed E-state index contributed by atoms with van der Waals surface area (Å²) in [6, 6.07) is 8.67. The SMILES string of the molecule is Br.COc1cc2c(c(F)c1OC)C(=N)N(CC(=O)c1ccc(OCC#N)c(C(C)(C)C)c1)C2. The van der Waals surface area contributed by atoms with E-state index in [0.717, 1.165) is 5.56 Å². The lowest BCUT2D eigenvalue weighted by Crippen LogP contribution is -2.30. The number of rotatable bonds is 7. The molecule has 9 heteroatoms. The van der Waals surface area contributed by atoms with E-state index in [4.69, 9.17) is 24.9 Å². The van der Waals surface area contributed by atoms with Gasteiger partial charge in [0.05, 0.1) is 26.3 Å². The maximum atomic E-state index is 14.9. The number of ketones is 1. The molecular weight excluding hydrogens is 493 g/mol. The molecule has 0 aliphatic carbocycles. The van der Waals surface area contributed by atoms with Crippen LogP contribution in [0.2, 0.25) is 0 Å². The molecule has 1 aliphatic rings. The van der Waals surface area contributed by atoms with Gasteiger partial charge in [-0.3, -0.25) is 10.2 Å². The average Bonchev–Trinajstić information content (AvgIpc) is 3.06. The van der Waals surface area contributed by atoms with Crippen molar-refractivity contribution in [2.45, 2.75) is 32.7 Å². The lowest BCUT2D eigenvalue weighted by molar-refractivity contribution is 0.0962. The van der Waals surface area contributed by atoms with E-state index in [1.54, 1.807) is 24.3 Å². The van der Waals surface area contributed by atoms with Gasteiger partial charge in [-0.05, 0) is 35.2 Å². The summed E-state index contributed by atoms with van der Waals surface area (Å²) in [4.78, 5) is 14.6. The van der Waals surface area contributed by atoms with E-state index in [0.29, 0.717) is 16.9 Å². The summed E-state index contributed by atoms with van der Waals surface area (Å²) in [5.74, 6) is -0.218. The Morgan fingerprint density at radius 2 is 1.91 bits per heavy atom. The highest BCUT2D eigenvalue weighted by atomic mass is 79.9. The number of hydrogen-bond acceptors (Lipinski definition) is 6. The van der Waals surface area contributed by atoms with Gasteiger partial charge in [0, 0.05) is 17.7 Å². The number of Topliss-reactive ketones (excluding diaryl/α,β-unsaturated/α-hetero) is 1. The second-order valence-corrected chi connectivity index (χ2v) is 8.50. The molecule has 0 fully saturated rings. The topological polar surface area (TPSA) is 95.6 Å². The van der Waals surface area contributed by atoms with E-state index < -0.39 is 5.82 Å². The zero-order chi connectivity index (χ0) is 23.6. The monoisotopic (exact) mass is 519 g/mol. The third kappa shape index (κ3) is 5.11. The molecule has 0 unspecified atom stereocenters. The molecule has 0 atom stereocenters. The predicted octanol–water partition coefficient (Wildman–Crippen LogP) is 4.64. The largest absolute Gasteiger partial charge is 0.493 e. The van der Waals surface area contributed by atoms with Crippen LogP contribution in [-0.2, 0) is 12.0 Å². The summed E-state index contributed by atoms with van der Waals surface area (Å²) in [6.45, 7) is 6.02. The second kappa shape index (κ2) is 10.2. The van der Waals surface area contributed by atoms with E-state index in [-0.39, 0.29) is 70.8 Å². The van der Waals surface area contributed by atoms with Gasteiger partial charge in [-0.2, -0.15) is 5.26 Å². The van der Waals surface area contributed by atoms with Gasteiger partial charge in [-0.15, -0.1) is 17.0 Å². The van der Waals surface area contributed by atoms with Crippen LogP contribution in [0.15, 0.2) is 24.3 Å². The standard InChI is InChI=1S/C24H26FN3O4.BrH/c1-24(2,3)16-10-14(6-7-18(16)32-9-8-26)17(29)13-28-12-15-11-19(30-4)22(31-5)21(25)20(15)23(28)27;/h6-7,10-11,27H,9,12-13H2,1-5H3;1H. The summed E-state index contributed by atoms with van der Waals surface area (Å²) in [7, 11) is 2.76. The number of nitrogens with one attached hydrogen (secondary N) is 1. The molecule has 1 aliphatic heterocycles. The van der Waals surface area contributed by atoms with Crippen molar-refractivity contribution in [1.82, 2.24) is 4.90 Å². The molecule has 0 spiro atoms. The van der Waals surface area contributed by atoms with E-state index in [9.17, 15) is 9.18 Å². The summed E-state index contributed by atoms with van der Waals surface area (Å²) in [5, 5.41) is 17.2. The molecule has 0 saturated heterocycles. The normalized spacial score (nSPS) is 12.5. The summed E-state index contributed by atoms with van der Waals surface area (Å²) < 4.78 is 30.7. The molecule has 0 bridgehead atoms. The van der Waals surface area contributed by atoms with Gasteiger partial charge in [0.2, 0.25) is 0 Å². The summed E-state index contributed by atoms with van der Waals surface area (Å²) >= 11 is 0. The summed E-state index contributed by atoms with van der Waals surface area (Å²) in [6.07, 6.45) is 0. The number of ether oxygens (including phenoxy) is 3. The molecule has 1 heterocycles. The Labute approximate surface area is 203 Å². The molecule has 7 nitrogen and oxygen atoms in total. The molecule has 0 amide bonds. The first kappa shape index (κ1) is 26.1. The number of carbonyl (C=O) groups excluding carboxylic acids is 1.